The van der Waals surface area contributed by atoms with Crippen molar-refractivity contribution < 1.29 is 14.1 Å². The highest BCUT2D eigenvalue weighted by atomic mass is 16.5. The molecule has 0 bridgehead atoms. The summed E-state index contributed by atoms with van der Waals surface area (Å²) in [6, 6.07) is 9.78. The number of aryl methyl sites for hydroxylation is 1. The zero-order valence-corrected chi connectivity index (χ0v) is 14.0. The van der Waals surface area contributed by atoms with Gasteiger partial charge in [0.1, 0.15) is 11.5 Å². The summed E-state index contributed by atoms with van der Waals surface area (Å²) >= 11 is 0. The first-order valence-corrected chi connectivity index (χ1v) is 7.99. The highest BCUT2D eigenvalue weighted by molar-refractivity contribution is 5.80. The van der Waals surface area contributed by atoms with E-state index in [2.05, 4.69) is 15.4 Å². The topological polar surface area (TPSA) is 70.8 Å². The van der Waals surface area contributed by atoms with Crippen LogP contribution < -0.4 is 15.0 Å². The molecule has 128 valence electrons. The number of nitrogens with zero attached hydrogens (tertiary/aromatic N) is 3. The molecule has 2 heterocycles. The molecule has 0 atom stereocenters. The highest BCUT2D eigenvalue weighted by Crippen LogP contribution is 2.20. The second-order valence-electron chi connectivity index (χ2n) is 5.74. The molecule has 1 aliphatic rings. The molecule has 0 spiro atoms. The molecule has 0 unspecified atom stereocenters. The van der Waals surface area contributed by atoms with Crippen LogP contribution in [0.5, 0.6) is 5.75 Å². The first-order valence-electron chi connectivity index (χ1n) is 7.99. The minimum atomic E-state index is 0.0741. The van der Waals surface area contributed by atoms with E-state index in [0.717, 1.165) is 30.3 Å². The van der Waals surface area contributed by atoms with Gasteiger partial charge in [-0.05, 0) is 31.2 Å². The van der Waals surface area contributed by atoms with Gasteiger partial charge < -0.3 is 24.4 Å². The monoisotopic (exact) mass is 330 g/mol. The molecule has 2 aromatic rings. The number of carbonyl (C=O) groups excluding carboxylic acids is 1. The number of benzene rings is 1. The number of aromatic nitrogens is 1. The summed E-state index contributed by atoms with van der Waals surface area (Å²) in [6.45, 7) is 5.12. The third-order valence-electron chi connectivity index (χ3n) is 4.12. The number of rotatable bonds is 5. The van der Waals surface area contributed by atoms with Gasteiger partial charge in [-0.3, -0.25) is 4.79 Å². The highest BCUT2D eigenvalue weighted by Gasteiger charge is 2.21. The summed E-state index contributed by atoms with van der Waals surface area (Å²) in [7, 11) is 1.66. The zero-order chi connectivity index (χ0) is 16.9. The lowest BCUT2D eigenvalue weighted by molar-refractivity contribution is -0.129. The number of carbonyl (C=O) groups is 1. The number of anilines is 2. The Morgan fingerprint density at radius 2 is 1.96 bits per heavy atom. The molecule has 1 fully saturated rings. The Balaban J connectivity index is 1.47. The molecule has 3 rings (SSSR count). The van der Waals surface area contributed by atoms with Crippen molar-refractivity contribution in [3.8, 4) is 5.75 Å². The normalized spacial score (nSPS) is 14.6. The summed E-state index contributed by atoms with van der Waals surface area (Å²) in [4.78, 5) is 16.4. The number of hydrogen-bond donors (Lipinski definition) is 1. The number of hydrogen-bond acceptors (Lipinski definition) is 6. The summed E-state index contributed by atoms with van der Waals surface area (Å²) < 4.78 is 10.1. The van der Waals surface area contributed by atoms with E-state index in [1.165, 1.54) is 0 Å². The van der Waals surface area contributed by atoms with Crippen molar-refractivity contribution in [2.75, 3.05) is 50.1 Å². The lowest BCUT2D eigenvalue weighted by Gasteiger charge is -2.36. The van der Waals surface area contributed by atoms with E-state index in [-0.39, 0.29) is 12.5 Å². The van der Waals surface area contributed by atoms with Gasteiger partial charge in [0.25, 0.3) is 0 Å². The summed E-state index contributed by atoms with van der Waals surface area (Å²) in [5, 5.41) is 6.82. The van der Waals surface area contributed by atoms with E-state index >= 15 is 0 Å². The Labute approximate surface area is 141 Å². The van der Waals surface area contributed by atoms with Crippen molar-refractivity contribution in [3.63, 3.8) is 0 Å². The molecule has 24 heavy (non-hydrogen) atoms. The molecular weight excluding hydrogens is 308 g/mol. The predicted octanol–water partition coefficient (Wildman–Crippen LogP) is 1.75. The van der Waals surface area contributed by atoms with Gasteiger partial charge in [0.15, 0.2) is 5.82 Å². The van der Waals surface area contributed by atoms with Crippen LogP contribution in [-0.2, 0) is 4.79 Å². The van der Waals surface area contributed by atoms with Crippen LogP contribution in [0.1, 0.15) is 5.76 Å². The van der Waals surface area contributed by atoms with Crippen molar-refractivity contribution in [2.24, 2.45) is 0 Å². The Kier molecular flexibility index (Phi) is 4.88. The Bertz CT molecular complexity index is 675. The minimum absolute atomic E-state index is 0.0741. The number of nitrogens with one attached hydrogen (secondary N) is 1. The maximum absolute atomic E-state index is 12.3. The van der Waals surface area contributed by atoms with E-state index in [9.17, 15) is 4.79 Å². The van der Waals surface area contributed by atoms with Gasteiger partial charge >= 0.3 is 0 Å². The van der Waals surface area contributed by atoms with E-state index in [1.54, 1.807) is 13.2 Å². The predicted molar refractivity (Wildman–Crippen MR) is 91.5 cm³/mol. The van der Waals surface area contributed by atoms with Crippen LogP contribution in [-0.4, -0.2) is 55.8 Å². The van der Waals surface area contributed by atoms with Crippen LogP contribution >= 0.6 is 0 Å². The van der Waals surface area contributed by atoms with E-state index in [4.69, 9.17) is 9.26 Å². The second kappa shape index (κ2) is 7.25. The molecule has 7 nitrogen and oxygen atoms in total. The number of ether oxygens (including phenoxy) is 1. The van der Waals surface area contributed by atoms with Crippen LogP contribution in [0.2, 0.25) is 0 Å². The van der Waals surface area contributed by atoms with E-state index in [1.807, 2.05) is 36.1 Å². The Morgan fingerprint density at radius 3 is 2.54 bits per heavy atom. The minimum Gasteiger partial charge on any atom is -0.497 e. The van der Waals surface area contributed by atoms with Crippen LogP contribution in [0.4, 0.5) is 11.5 Å². The van der Waals surface area contributed by atoms with E-state index < -0.39 is 0 Å². The third-order valence-corrected chi connectivity index (χ3v) is 4.12. The number of amides is 1. The Hall–Kier alpha value is -2.70. The van der Waals surface area contributed by atoms with Crippen molar-refractivity contribution in [1.29, 1.82) is 0 Å². The molecule has 1 aliphatic heterocycles. The SMILES string of the molecule is COc1ccc(N2CCN(C(=O)CNc3cc(C)on3)CC2)cc1. The fraction of sp³-hybridized carbons (Fsp3) is 0.412. The largest absolute Gasteiger partial charge is 0.497 e. The fourth-order valence-electron chi connectivity index (χ4n) is 2.73. The van der Waals surface area contributed by atoms with Crippen molar-refractivity contribution in [1.82, 2.24) is 10.1 Å². The molecule has 0 radical (unpaired) electrons. The molecular formula is C17H22N4O3. The standard InChI is InChI=1S/C17H22N4O3/c1-13-11-16(19-24-13)18-12-17(22)21-9-7-20(8-10-21)14-3-5-15(23-2)6-4-14/h3-6,11H,7-10,12H2,1-2H3,(H,18,19). The van der Waals surface area contributed by atoms with Gasteiger partial charge in [-0.25, -0.2) is 0 Å². The molecule has 0 saturated carbocycles. The molecule has 1 amide bonds. The van der Waals surface area contributed by atoms with Crippen molar-refractivity contribution >= 4 is 17.4 Å². The first-order chi connectivity index (χ1) is 11.7. The molecule has 7 heteroatoms. The third kappa shape index (κ3) is 3.79. The van der Waals surface area contributed by atoms with Gasteiger partial charge in [0, 0.05) is 37.9 Å². The summed E-state index contributed by atoms with van der Waals surface area (Å²) in [5.41, 5.74) is 1.15. The van der Waals surface area contributed by atoms with Crippen LogP contribution in [0.25, 0.3) is 0 Å². The van der Waals surface area contributed by atoms with Crippen LogP contribution in [0.3, 0.4) is 0 Å². The van der Waals surface area contributed by atoms with Gasteiger partial charge in [0.2, 0.25) is 5.91 Å². The summed E-state index contributed by atoms with van der Waals surface area (Å²) in [5.74, 6) is 2.24. The van der Waals surface area contributed by atoms with Crippen molar-refractivity contribution in [3.05, 3.63) is 36.1 Å². The average Bonchev–Trinajstić information content (AvgIpc) is 3.05. The van der Waals surface area contributed by atoms with Crippen molar-refractivity contribution in [2.45, 2.75) is 6.92 Å². The first kappa shape index (κ1) is 16.2. The summed E-state index contributed by atoms with van der Waals surface area (Å²) in [6.07, 6.45) is 0. The second-order valence-corrected chi connectivity index (χ2v) is 5.74. The molecule has 1 aromatic carbocycles. The van der Waals surface area contributed by atoms with E-state index in [0.29, 0.717) is 18.9 Å². The van der Waals surface area contributed by atoms with Crippen LogP contribution in [0.15, 0.2) is 34.9 Å². The lowest BCUT2D eigenvalue weighted by atomic mass is 10.2. The van der Waals surface area contributed by atoms with Gasteiger partial charge in [-0.15, -0.1) is 0 Å². The lowest BCUT2D eigenvalue weighted by Crippen LogP contribution is -2.50. The molecule has 1 N–H and O–H groups in total. The smallest absolute Gasteiger partial charge is 0.242 e. The van der Waals surface area contributed by atoms with Crippen LogP contribution in [0, 0.1) is 6.92 Å². The molecule has 1 aromatic heterocycles. The van der Waals surface area contributed by atoms with Gasteiger partial charge in [-0.1, -0.05) is 5.16 Å². The molecule has 0 aliphatic carbocycles. The number of piperazine rings is 1. The van der Waals surface area contributed by atoms with Gasteiger partial charge in [-0.2, -0.15) is 0 Å². The van der Waals surface area contributed by atoms with Gasteiger partial charge in [0.05, 0.1) is 13.7 Å². The zero-order valence-electron chi connectivity index (χ0n) is 14.0. The maximum Gasteiger partial charge on any atom is 0.242 e. The maximum atomic E-state index is 12.3. The number of methoxy groups -OCH3 is 1. The Morgan fingerprint density at radius 1 is 1.25 bits per heavy atom. The average molecular weight is 330 g/mol. The molecule has 1 saturated heterocycles. The fourth-order valence-corrected chi connectivity index (χ4v) is 2.73. The quantitative estimate of drug-likeness (QED) is 0.901.